The Morgan fingerprint density at radius 2 is 2.27 bits per heavy atom. The van der Waals surface area contributed by atoms with Crippen LogP contribution in [0.2, 0.25) is 0 Å². The van der Waals surface area contributed by atoms with Crippen LogP contribution in [0.3, 0.4) is 0 Å². The molecule has 0 atom stereocenters. The Kier molecular flexibility index (Phi) is 3.75. The van der Waals surface area contributed by atoms with E-state index in [-0.39, 0.29) is 11.3 Å². The van der Waals surface area contributed by atoms with Gasteiger partial charge in [-0.15, -0.1) is 0 Å². The number of allylic oxidation sites excluding steroid dienone is 1. The molecule has 0 aliphatic heterocycles. The smallest absolute Gasteiger partial charge is 0.265 e. The number of hydrogen-bond donors (Lipinski definition) is 2. The van der Waals surface area contributed by atoms with Crippen molar-refractivity contribution in [3.8, 4) is 6.07 Å². The number of likely N-dealkylation sites (N-methyl/N-ethyl adjacent to an activating group) is 1. The average Bonchev–Trinajstić information content (AvgIpc) is 1.88. The highest BCUT2D eigenvalue weighted by Gasteiger charge is 2.09. The molecule has 2 N–H and O–H groups in total. The molecule has 0 aliphatic rings. The second kappa shape index (κ2) is 4.34. The van der Waals surface area contributed by atoms with Gasteiger partial charge in [0.25, 0.3) is 5.91 Å². The van der Waals surface area contributed by atoms with Gasteiger partial charge in [0.05, 0.1) is 0 Å². The van der Waals surface area contributed by atoms with E-state index < -0.39 is 5.91 Å². The number of carbonyl (C=O) groups excluding carboxylic acids is 1. The van der Waals surface area contributed by atoms with Crippen LogP contribution in [0.4, 0.5) is 0 Å². The zero-order chi connectivity index (χ0) is 8.85. The quantitative estimate of drug-likeness (QED) is 0.345. The summed E-state index contributed by atoms with van der Waals surface area (Å²) < 4.78 is 0. The summed E-state index contributed by atoms with van der Waals surface area (Å²) >= 11 is 0. The Morgan fingerprint density at radius 1 is 1.73 bits per heavy atom. The van der Waals surface area contributed by atoms with Gasteiger partial charge < -0.3 is 10.4 Å². The third-order valence-electron chi connectivity index (χ3n) is 1.04. The Balaban J connectivity index is 4.45. The lowest BCUT2D eigenvalue weighted by Gasteiger charge is -1.99. The SMILES string of the molecule is CCNC(=O)/C(C#N)=C(/C)O. The third kappa shape index (κ3) is 2.72. The van der Waals surface area contributed by atoms with Crippen molar-refractivity contribution in [3.05, 3.63) is 11.3 Å². The van der Waals surface area contributed by atoms with Crippen LogP contribution in [0.25, 0.3) is 0 Å². The fourth-order valence-corrected chi connectivity index (χ4v) is 0.545. The van der Waals surface area contributed by atoms with Gasteiger partial charge in [0.1, 0.15) is 11.8 Å². The summed E-state index contributed by atoms with van der Waals surface area (Å²) in [4.78, 5) is 10.9. The van der Waals surface area contributed by atoms with E-state index in [0.29, 0.717) is 6.54 Å². The zero-order valence-corrected chi connectivity index (χ0v) is 6.51. The highest BCUT2D eigenvalue weighted by Crippen LogP contribution is 1.98. The van der Waals surface area contributed by atoms with Crippen molar-refractivity contribution in [2.24, 2.45) is 0 Å². The van der Waals surface area contributed by atoms with Crippen LogP contribution in [0.15, 0.2) is 11.3 Å². The van der Waals surface area contributed by atoms with E-state index in [4.69, 9.17) is 10.4 Å². The van der Waals surface area contributed by atoms with Crippen molar-refractivity contribution in [2.75, 3.05) is 6.54 Å². The van der Waals surface area contributed by atoms with E-state index in [0.717, 1.165) is 0 Å². The Morgan fingerprint density at radius 3 is 2.55 bits per heavy atom. The molecule has 0 aliphatic carbocycles. The predicted molar refractivity (Wildman–Crippen MR) is 39.6 cm³/mol. The van der Waals surface area contributed by atoms with Crippen LogP contribution >= 0.6 is 0 Å². The Hall–Kier alpha value is -1.50. The molecular weight excluding hydrogens is 144 g/mol. The molecule has 0 unspecified atom stereocenters. The minimum atomic E-state index is -0.532. The summed E-state index contributed by atoms with van der Waals surface area (Å²) in [5, 5.41) is 19.6. The van der Waals surface area contributed by atoms with E-state index in [2.05, 4.69) is 5.32 Å². The fraction of sp³-hybridized carbons (Fsp3) is 0.429. The van der Waals surface area contributed by atoms with E-state index in [1.54, 1.807) is 13.0 Å². The van der Waals surface area contributed by atoms with Gasteiger partial charge in [-0.3, -0.25) is 4.79 Å². The van der Waals surface area contributed by atoms with Gasteiger partial charge in [-0.2, -0.15) is 5.26 Å². The van der Waals surface area contributed by atoms with Crippen LogP contribution < -0.4 is 5.32 Å². The molecule has 11 heavy (non-hydrogen) atoms. The van der Waals surface area contributed by atoms with Gasteiger partial charge in [0.2, 0.25) is 0 Å². The first-order valence-electron chi connectivity index (χ1n) is 3.21. The molecule has 0 bridgehead atoms. The maximum Gasteiger partial charge on any atom is 0.265 e. The number of aliphatic hydroxyl groups is 1. The molecule has 0 saturated carbocycles. The van der Waals surface area contributed by atoms with E-state index in [1.807, 2.05) is 0 Å². The van der Waals surface area contributed by atoms with Crippen LogP contribution in [0.1, 0.15) is 13.8 Å². The monoisotopic (exact) mass is 154 g/mol. The fourth-order valence-electron chi connectivity index (χ4n) is 0.545. The number of nitrogens with one attached hydrogen (secondary N) is 1. The minimum Gasteiger partial charge on any atom is -0.511 e. The molecule has 0 fully saturated rings. The standard InChI is InChI=1S/C7H10N2O2/c1-3-9-7(11)6(4-8)5(2)10/h10H,3H2,1-2H3,(H,9,11)/b6-5-. The predicted octanol–water partition coefficient (Wildman–Crippen LogP) is 0.478. The molecule has 0 spiro atoms. The van der Waals surface area contributed by atoms with Crippen LogP contribution in [-0.2, 0) is 4.79 Å². The number of rotatable bonds is 2. The zero-order valence-electron chi connectivity index (χ0n) is 6.51. The molecule has 4 heteroatoms. The Labute approximate surface area is 65.1 Å². The molecule has 0 rings (SSSR count). The lowest BCUT2D eigenvalue weighted by Crippen LogP contribution is -2.24. The summed E-state index contributed by atoms with van der Waals surface area (Å²) in [6, 6.07) is 1.60. The van der Waals surface area contributed by atoms with Crippen molar-refractivity contribution in [3.63, 3.8) is 0 Å². The van der Waals surface area contributed by atoms with E-state index in [9.17, 15) is 4.79 Å². The van der Waals surface area contributed by atoms with Crippen LogP contribution in [-0.4, -0.2) is 17.6 Å². The second-order valence-electron chi connectivity index (χ2n) is 1.93. The molecule has 0 aromatic rings. The first-order valence-corrected chi connectivity index (χ1v) is 3.21. The summed E-state index contributed by atoms with van der Waals surface area (Å²) in [5.41, 5.74) is -0.230. The molecule has 4 nitrogen and oxygen atoms in total. The Bertz CT molecular complexity index is 221. The summed E-state index contributed by atoms with van der Waals surface area (Å²) in [6.45, 7) is 3.48. The first kappa shape index (κ1) is 9.50. The topological polar surface area (TPSA) is 73.1 Å². The highest BCUT2D eigenvalue weighted by molar-refractivity contribution is 5.97. The molecule has 1 amide bonds. The largest absolute Gasteiger partial charge is 0.511 e. The number of carbonyl (C=O) groups is 1. The highest BCUT2D eigenvalue weighted by atomic mass is 16.3. The number of nitriles is 1. The lowest BCUT2D eigenvalue weighted by atomic mass is 10.2. The number of hydrogen-bond acceptors (Lipinski definition) is 3. The number of aliphatic hydroxyl groups excluding tert-OH is 1. The molecular formula is C7H10N2O2. The van der Waals surface area contributed by atoms with Crippen molar-refractivity contribution in [2.45, 2.75) is 13.8 Å². The second-order valence-corrected chi connectivity index (χ2v) is 1.93. The van der Waals surface area contributed by atoms with Gasteiger partial charge in [0.15, 0.2) is 5.57 Å². The van der Waals surface area contributed by atoms with E-state index in [1.165, 1.54) is 6.92 Å². The van der Waals surface area contributed by atoms with E-state index >= 15 is 0 Å². The average molecular weight is 154 g/mol. The molecule has 0 aromatic heterocycles. The van der Waals surface area contributed by atoms with Gasteiger partial charge in [-0.25, -0.2) is 0 Å². The molecule has 0 saturated heterocycles. The van der Waals surface area contributed by atoms with Crippen LogP contribution in [0.5, 0.6) is 0 Å². The molecule has 0 radical (unpaired) electrons. The maximum absolute atomic E-state index is 10.9. The minimum absolute atomic E-state index is 0.230. The van der Waals surface area contributed by atoms with Crippen molar-refractivity contribution >= 4 is 5.91 Å². The third-order valence-corrected chi connectivity index (χ3v) is 1.04. The number of amides is 1. The molecule has 60 valence electrons. The summed E-state index contributed by atoms with van der Waals surface area (Å²) in [5.74, 6) is -0.784. The number of nitrogens with zero attached hydrogens (tertiary/aromatic N) is 1. The van der Waals surface area contributed by atoms with Gasteiger partial charge in [-0.05, 0) is 13.8 Å². The summed E-state index contributed by atoms with van der Waals surface area (Å²) in [6.07, 6.45) is 0. The first-order chi connectivity index (χ1) is 5.13. The van der Waals surface area contributed by atoms with Crippen molar-refractivity contribution in [1.29, 1.82) is 5.26 Å². The molecule has 0 heterocycles. The lowest BCUT2D eigenvalue weighted by molar-refractivity contribution is -0.117. The molecule has 0 aromatic carbocycles. The van der Waals surface area contributed by atoms with Crippen LogP contribution in [0, 0.1) is 11.3 Å². The maximum atomic E-state index is 10.9. The van der Waals surface area contributed by atoms with Crippen molar-refractivity contribution < 1.29 is 9.90 Å². The van der Waals surface area contributed by atoms with Crippen molar-refractivity contribution in [1.82, 2.24) is 5.32 Å². The summed E-state index contributed by atoms with van der Waals surface area (Å²) in [7, 11) is 0. The van der Waals surface area contributed by atoms with Gasteiger partial charge >= 0.3 is 0 Å². The van der Waals surface area contributed by atoms with Gasteiger partial charge in [-0.1, -0.05) is 0 Å². The normalized spacial score (nSPS) is 11.4. The van der Waals surface area contributed by atoms with Gasteiger partial charge in [0, 0.05) is 6.54 Å².